The van der Waals surface area contributed by atoms with Gasteiger partial charge in [-0.2, -0.15) is 0 Å². The molecule has 0 fully saturated rings. The van der Waals surface area contributed by atoms with Crippen LogP contribution >= 0.6 is 0 Å². The Kier molecular flexibility index (Phi) is 18.2. The zero-order valence-electron chi connectivity index (χ0n) is 16.4. The molecule has 0 aromatic rings. The zero-order valence-corrected chi connectivity index (χ0v) is 16.4. The third kappa shape index (κ3) is 16.2. The molecule has 0 aliphatic rings. The van der Waals surface area contributed by atoms with Crippen LogP contribution in [0.25, 0.3) is 0 Å². The van der Waals surface area contributed by atoms with Crippen LogP contribution in [0.2, 0.25) is 0 Å². The van der Waals surface area contributed by atoms with Crippen LogP contribution in [0.15, 0.2) is 12.2 Å². The molecule has 0 aliphatic heterocycles. The van der Waals surface area contributed by atoms with Crippen LogP contribution in [0.3, 0.4) is 0 Å². The normalized spacial score (nSPS) is 12.8. The van der Waals surface area contributed by atoms with Crippen molar-refractivity contribution in [3.8, 4) is 0 Å². The Morgan fingerprint density at radius 3 is 1.79 bits per heavy atom. The molecule has 0 aromatic carbocycles. The Labute approximate surface area is 151 Å². The average molecular weight is 339 g/mol. The first kappa shape index (κ1) is 23.4. The number of aliphatic hydroxyl groups is 1. The van der Waals surface area contributed by atoms with E-state index in [1.165, 1.54) is 70.6 Å². The molecule has 1 N–H and O–H groups in total. The number of unbranched alkanes of at least 4 members (excludes halogenated alkanes) is 11. The minimum atomic E-state index is -0.716. The van der Waals surface area contributed by atoms with Crippen molar-refractivity contribution in [1.82, 2.24) is 0 Å². The average Bonchev–Trinajstić information content (AvgIpc) is 2.58. The summed E-state index contributed by atoms with van der Waals surface area (Å²) in [6, 6.07) is 0. The Morgan fingerprint density at radius 1 is 0.750 bits per heavy atom. The third-order valence-electron chi connectivity index (χ3n) is 4.62. The molecule has 0 spiro atoms. The molecule has 0 amide bonds. The summed E-state index contributed by atoms with van der Waals surface area (Å²) in [6.07, 6.45) is 22.5. The van der Waals surface area contributed by atoms with Gasteiger partial charge in [0.1, 0.15) is 6.10 Å². The standard InChI is InChI=1S/C22H42O2/c1-3-5-6-7-8-9-10-11-12-13-14-15-16-17-18-20-22(24)21(23)19-4-2/h11-12,21,23H,3-10,13-20H2,1-2H3/b12-11-. The fourth-order valence-corrected chi connectivity index (χ4v) is 2.97. The molecule has 0 rings (SSSR count). The van der Waals surface area contributed by atoms with Gasteiger partial charge in [0.2, 0.25) is 0 Å². The van der Waals surface area contributed by atoms with Crippen molar-refractivity contribution < 1.29 is 9.90 Å². The summed E-state index contributed by atoms with van der Waals surface area (Å²) in [4.78, 5) is 11.6. The number of ketones is 1. The molecule has 0 heterocycles. The number of rotatable bonds is 18. The Balaban J connectivity index is 3.24. The lowest BCUT2D eigenvalue weighted by Gasteiger charge is -2.07. The molecule has 1 unspecified atom stereocenters. The monoisotopic (exact) mass is 338 g/mol. The van der Waals surface area contributed by atoms with Crippen molar-refractivity contribution >= 4 is 5.78 Å². The largest absolute Gasteiger partial charge is 0.385 e. The third-order valence-corrected chi connectivity index (χ3v) is 4.62. The molecule has 0 radical (unpaired) electrons. The van der Waals surface area contributed by atoms with Crippen molar-refractivity contribution in [3.05, 3.63) is 12.2 Å². The predicted molar refractivity (Wildman–Crippen MR) is 105 cm³/mol. The molecular formula is C22H42O2. The van der Waals surface area contributed by atoms with Crippen LogP contribution < -0.4 is 0 Å². The number of hydrogen-bond donors (Lipinski definition) is 1. The molecule has 24 heavy (non-hydrogen) atoms. The first-order valence-corrected chi connectivity index (χ1v) is 10.6. The van der Waals surface area contributed by atoms with Crippen LogP contribution in [-0.2, 0) is 4.79 Å². The van der Waals surface area contributed by atoms with Gasteiger partial charge in [0.05, 0.1) is 0 Å². The SMILES string of the molecule is CCCCCCCC/C=C\CCCCCCCC(=O)C(O)CCC. The van der Waals surface area contributed by atoms with E-state index in [1.54, 1.807) is 0 Å². The molecule has 2 heteroatoms. The van der Waals surface area contributed by atoms with Gasteiger partial charge in [-0.15, -0.1) is 0 Å². The first-order valence-electron chi connectivity index (χ1n) is 10.6. The van der Waals surface area contributed by atoms with E-state index in [-0.39, 0.29) is 5.78 Å². The molecule has 0 bridgehead atoms. The van der Waals surface area contributed by atoms with E-state index in [4.69, 9.17) is 0 Å². The van der Waals surface area contributed by atoms with Gasteiger partial charge >= 0.3 is 0 Å². The maximum Gasteiger partial charge on any atom is 0.161 e. The molecule has 0 aromatic heterocycles. The summed E-state index contributed by atoms with van der Waals surface area (Å²) in [5.74, 6) is 0.0366. The number of hydrogen-bond acceptors (Lipinski definition) is 2. The molecule has 1 atom stereocenters. The van der Waals surface area contributed by atoms with Crippen LogP contribution in [0.1, 0.15) is 117 Å². The predicted octanol–water partition coefficient (Wildman–Crippen LogP) is 6.75. The van der Waals surface area contributed by atoms with Gasteiger partial charge in [-0.3, -0.25) is 4.79 Å². The molecule has 0 saturated heterocycles. The fourth-order valence-electron chi connectivity index (χ4n) is 2.97. The molecule has 2 nitrogen and oxygen atoms in total. The lowest BCUT2D eigenvalue weighted by Crippen LogP contribution is -2.19. The van der Waals surface area contributed by atoms with Crippen molar-refractivity contribution in [3.63, 3.8) is 0 Å². The second kappa shape index (κ2) is 18.7. The summed E-state index contributed by atoms with van der Waals surface area (Å²) in [6.45, 7) is 4.26. The van der Waals surface area contributed by atoms with Gasteiger partial charge in [-0.1, -0.05) is 83.8 Å². The highest BCUT2D eigenvalue weighted by Gasteiger charge is 2.12. The minimum Gasteiger partial charge on any atom is -0.385 e. The van der Waals surface area contributed by atoms with Crippen LogP contribution in [-0.4, -0.2) is 17.0 Å². The van der Waals surface area contributed by atoms with Gasteiger partial charge in [0, 0.05) is 6.42 Å². The number of allylic oxidation sites excluding steroid dienone is 2. The van der Waals surface area contributed by atoms with Gasteiger partial charge in [-0.05, 0) is 38.5 Å². The minimum absolute atomic E-state index is 0.0366. The summed E-state index contributed by atoms with van der Waals surface area (Å²) >= 11 is 0. The summed E-state index contributed by atoms with van der Waals surface area (Å²) < 4.78 is 0. The number of carbonyl (C=O) groups excluding carboxylic acids is 1. The van der Waals surface area contributed by atoms with Gasteiger partial charge in [0.25, 0.3) is 0 Å². The van der Waals surface area contributed by atoms with Crippen molar-refractivity contribution in [2.45, 2.75) is 123 Å². The van der Waals surface area contributed by atoms with Crippen LogP contribution in [0, 0.1) is 0 Å². The molecule has 0 aliphatic carbocycles. The summed E-state index contributed by atoms with van der Waals surface area (Å²) in [5.41, 5.74) is 0. The van der Waals surface area contributed by atoms with Crippen LogP contribution in [0.5, 0.6) is 0 Å². The maximum absolute atomic E-state index is 11.6. The number of Topliss-reactive ketones (excluding diaryl/α,β-unsaturated/α-hetero) is 1. The smallest absolute Gasteiger partial charge is 0.161 e. The molecule has 0 saturated carbocycles. The van der Waals surface area contributed by atoms with Crippen molar-refractivity contribution in [2.75, 3.05) is 0 Å². The van der Waals surface area contributed by atoms with Crippen LogP contribution in [0.4, 0.5) is 0 Å². The van der Waals surface area contributed by atoms with E-state index in [2.05, 4.69) is 19.1 Å². The Morgan fingerprint density at radius 2 is 1.25 bits per heavy atom. The number of carbonyl (C=O) groups is 1. The topological polar surface area (TPSA) is 37.3 Å². The number of aliphatic hydroxyl groups excluding tert-OH is 1. The zero-order chi connectivity index (χ0) is 17.9. The van der Waals surface area contributed by atoms with E-state index in [9.17, 15) is 9.90 Å². The second-order valence-corrected chi connectivity index (χ2v) is 7.11. The highest BCUT2D eigenvalue weighted by molar-refractivity contribution is 5.82. The van der Waals surface area contributed by atoms with Gasteiger partial charge in [-0.25, -0.2) is 0 Å². The fraction of sp³-hybridized carbons (Fsp3) is 0.864. The van der Waals surface area contributed by atoms with E-state index in [1.807, 2.05) is 6.92 Å². The molecule has 142 valence electrons. The van der Waals surface area contributed by atoms with E-state index in [0.29, 0.717) is 12.8 Å². The lowest BCUT2D eigenvalue weighted by atomic mass is 10.0. The Bertz CT molecular complexity index is 296. The van der Waals surface area contributed by atoms with Crippen molar-refractivity contribution in [1.29, 1.82) is 0 Å². The highest BCUT2D eigenvalue weighted by atomic mass is 16.3. The lowest BCUT2D eigenvalue weighted by molar-refractivity contribution is -0.127. The van der Waals surface area contributed by atoms with Gasteiger partial charge in [0.15, 0.2) is 5.78 Å². The summed E-state index contributed by atoms with van der Waals surface area (Å²) in [7, 11) is 0. The highest BCUT2D eigenvalue weighted by Crippen LogP contribution is 2.11. The first-order chi connectivity index (χ1) is 11.7. The maximum atomic E-state index is 11.6. The quantitative estimate of drug-likeness (QED) is 0.221. The van der Waals surface area contributed by atoms with Gasteiger partial charge < -0.3 is 5.11 Å². The van der Waals surface area contributed by atoms with E-state index in [0.717, 1.165) is 19.3 Å². The van der Waals surface area contributed by atoms with Crippen molar-refractivity contribution in [2.24, 2.45) is 0 Å². The van der Waals surface area contributed by atoms with E-state index >= 15 is 0 Å². The second-order valence-electron chi connectivity index (χ2n) is 7.11. The van der Waals surface area contributed by atoms with E-state index < -0.39 is 6.10 Å². The summed E-state index contributed by atoms with van der Waals surface area (Å²) in [5, 5.41) is 9.58. The Hall–Kier alpha value is -0.630. The molecular weight excluding hydrogens is 296 g/mol.